The number of ether oxygens (including phenoxy) is 3. The van der Waals surface area contributed by atoms with Crippen LogP contribution in [0.3, 0.4) is 0 Å². The maximum Gasteiger partial charge on any atom is 0.318 e. The van der Waals surface area contributed by atoms with E-state index >= 15 is 0 Å². The molecule has 0 amide bonds. The summed E-state index contributed by atoms with van der Waals surface area (Å²) in [5.74, 6) is -1.71. The van der Waals surface area contributed by atoms with Gasteiger partial charge in [0.2, 0.25) is 0 Å². The molecule has 0 aromatic heterocycles. The van der Waals surface area contributed by atoms with E-state index in [1.165, 1.54) is 14.2 Å². The minimum Gasteiger partial charge on any atom is -0.480 e. The summed E-state index contributed by atoms with van der Waals surface area (Å²) in [5.41, 5.74) is 1.10. The summed E-state index contributed by atoms with van der Waals surface area (Å²) >= 11 is -0.333. The van der Waals surface area contributed by atoms with Gasteiger partial charge in [0.15, 0.2) is 5.76 Å². The molecule has 0 saturated carbocycles. The standard InChI is InChI=1S/C17H25IO5/c1-7-18-9-13-15(17(20)22-6)14(16(19)21-5)12(23-13)8-11(4)10(2)3/h8,10,12,14-15H,7H2,1-6H3/b11-8-. The molecule has 3 unspecified atom stereocenters. The van der Waals surface area contributed by atoms with Crippen molar-refractivity contribution < 1.29 is 23.8 Å². The number of rotatable bonds is 5. The van der Waals surface area contributed by atoms with Gasteiger partial charge in [0, 0.05) is 0 Å². The molecule has 3 atom stereocenters. The van der Waals surface area contributed by atoms with Crippen LogP contribution in [0.4, 0.5) is 0 Å². The maximum absolute atomic E-state index is 12.3. The molecule has 23 heavy (non-hydrogen) atoms. The van der Waals surface area contributed by atoms with Crippen LogP contribution >= 0.6 is 20.7 Å². The third-order valence-electron chi connectivity index (χ3n) is 3.82. The Morgan fingerprint density at radius 1 is 1.30 bits per heavy atom. The molecule has 1 heterocycles. The van der Waals surface area contributed by atoms with Gasteiger partial charge in [0.05, 0.1) is 14.2 Å². The smallest absolute Gasteiger partial charge is 0.318 e. The highest BCUT2D eigenvalue weighted by Crippen LogP contribution is 2.38. The van der Waals surface area contributed by atoms with Crippen LogP contribution < -0.4 is 0 Å². The fourth-order valence-corrected chi connectivity index (χ4v) is 3.46. The van der Waals surface area contributed by atoms with Crippen LogP contribution in [0.2, 0.25) is 0 Å². The van der Waals surface area contributed by atoms with Crippen molar-refractivity contribution in [1.29, 1.82) is 0 Å². The van der Waals surface area contributed by atoms with Crippen molar-refractivity contribution in [3.05, 3.63) is 17.4 Å². The van der Waals surface area contributed by atoms with E-state index in [-0.39, 0.29) is 20.7 Å². The normalized spacial score (nSPS) is 24.2. The summed E-state index contributed by atoms with van der Waals surface area (Å²) in [4.78, 5) is 24.5. The van der Waals surface area contributed by atoms with Gasteiger partial charge in [-0.05, 0) is 27.0 Å². The molecule has 0 bridgehead atoms. The molecule has 1 fully saturated rings. The molecule has 1 aliphatic rings. The van der Waals surface area contributed by atoms with Gasteiger partial charge in [-0.15, -0.1) is 0 Å². The molecule has 1 rings (SSSR count). The highest BCUT2D eigenvalue weighted by Gasteiger charge is 2.51. The Kier molecular flexibility index (Phi) is 7.99. The first-order valence-corrected chi connectivity index (χ1v) is 10.2. The number of hydrogen-bond donors (Lipinski definition) is 0. The molecule has 0 aromatic rings. The Morgan fingerprint density at radius 2 is 1.91 bits per heavy atom. The van der Waals surface area contributed by atoms with E-state index < -0.39 is 29.9 Å². The highest BCUT2D eigenvalue weighted by atomic mass is 127. The summed E-state index contributed by atoms with van der Waals surface area (Å²) in [6.45, 7) is 8.18. The minimum absolute atomic E-state index is 0.327. The fraction of sp³-hybridized carbons (Fsp3) is 0.647. The van der Waals surface area contributed by atoms with E-state index in [0.717, 1.165) is 10.0 Å². The van der Waals surface area contributed by atoms with Crippen molar-refractivity contribution >= 4 is 36.3 Å². The van der Waals surface area contributed by atoms with Gasteiger partial charge < -0.3 is 14.2 Å². The van der Waals surface area contributed by atoms with Crippen molar-refractivity contribution in [1.82, 2.24) is 0 Å². The van der Waals surface area contributed by atoms with E-state index in [1.807, 2.05) is 13.0 Å². The van der Waals surface area contributed by atoms with Crippen molar-refractivity contribution in [2.75, 3.05) is 18.6 Å². The summed E-state index contributed by atoms with van der Waals surface area (Å²) in [5, 5.41) is 0. The van der Waals surface area contributed by atoms with Crippen LogP contribution in [0.1, 0.15) is 27.7 Å². The molecular formula is C17H25IO5. The van der Waals surface area contributed by atoms with Gasteiger partial charge in [-0.2, -0.15) is 0 Å². The first-order valence-electron chi connectivity index (χ1n) is 7.58. The number of allylic oxidation sites excluding steroid dienone is 1. The summed E-state index contributed by atoms with van der Waals surface area (Å²) in [6.07, 6.45) is 1.37. The predicted octanol–water partition coefficient (Wildman–Crippen LogP) is 2.84. The number of halogens is 1. The molecule has 5 nitrogen and oxygen atoms in total. The zero-order chi connectivity index (χ0) is 17.6. The van der Waals surface area contributed by atoms with Crippen molar-refractivity contribution in [2.45, 2.75) is 33.8 Å². The third-order valence-corrected chi connectivity index (χ3v) is 5.49. The van der Waals surface area contributed by atoms with Gasteiger partial charge in [-0.3, -0.25) is 9.59 Å². The summed E-state index contributed by atoms with van der Waals surface area (Å²) in [6, 6.07) is 0. The lowest BCUT2D eigenvalue weighted by atomic mass is 9.87. The van der Waals surface area contributed by atoms with Crippen LogP contribution in [-0.2, 0) is 23.8 Å². The molecule has 0 spiro atoms. The van der Waals surface area contributed by atoms with E-state index in [4.69, 9.17) is 14.2 Å². The number of carbonyl (C=O) groups excluding carboxylic acids is 2. The molecule has 0 aliphatic carbocycles. The SMILES string of the molecule is CCI=C=C1OC(/C=C(/C)C(C)C)C(C(=O)OC)C1C(=O)OC. The van der Waals surface area contributed by atoms with Gasteiger partial charge in [0.1, 0.15) is 17.9 Å². The molecule has 1 aliphatic heterocycles. The molecular weight excluding hydrogens is 411 g/mol. The van der Waals surface area contributed by atoms with Gasteiger partial charge in [-0.25, -0.2) is 0 Å². The van der Waals surface area contributed by atoms with Crippen LogP contribution in [-0.4, -0.2) is 40.4 Å². The maximum atomic E-state index is 12.3. The number of carbonyl (C=O) groups is 2. The Labute approximate surface area is 147 Å². The molecule has 0 radical (unpaired) electrons. The molecule has 6 heteroatoms. The average molecular weight is 436 g/mol. The molecule has 0 N–H and O–H groups in total. The monoisotopic (exact) mass is 436 g/mol. The van der Waals surface area contributed by atoms with Gasteiger partial charge in [0.25, 0.3) is 0 Å². The summed E-state index contributed by atoms with van der Waals surface area (Å²) < 4.78 is 19.9. The van der Waals surface area contributed by atoms with Crippen LogP contribution in [0.25, 0.3) is 0 Å². The van der Waals surface area contributed by atoms with Gasteiger partial charge in [-0.1, -0.05) is 47.1 Å². The van der Waals surface area contributed by atoms with E-state index in [1.54, 1.807) is 0 Å². The van der Waals surface area contributed by atoms with Gasteiger partial charge >= 0.3 is 11.9 Å². The second-order valence-electron chi connectivity index (χ2n) is 5.56. The summed E-state index contributed by atoms with van der Waals surface area (Å²) in [7, 11) is 2.63. The van der Waals surface area contributed by atoms with Crippen molar-refractivity contribution in [2.24, 2.45) is 17.8 Å². The second kappa shape index (κ2) is 9.23. The highest BCUT2D eigenvalue weighted by molar-refractivity contribution is 14.2. The quantitative estimate of drug-likeness (QED) is 0.287. The third kappa shape index (κ3) is 4.91. The minimum atomic E-state index is -0.778. The lowest BCUT2D eigenvalue weighted by molar-refractivity contribution is -0.155. The average Bonchev–Trinajstić information content (AvgIpc) is 2.89. The zero-order valence-electron chi connectivity index (χ0n) is 14.5. The first kappa shape index (κ1) is 19.9. The molecule has 1 saturated heterocycles. The zero-order valence-corrected chi connectivity index (χ0v) is 16.7. The van der Waals surface area contributed by atoms with Crippen LogP contribution in [0.5, 0.6) is 0 Å². The predicted molar refractivity (Wildman–Crippen MR) is 97.6 cm³/mol. The Balaban J connectivity index is 3.36. The van der Waals surface area contributed by atoms with E-state index in [9.17, 15) is 9.59 Å². The fourth-order valence-electron chi connectivity index (χ4n) is 2.24. The number of methoxy groups -OCH3 is 2. The molecule has 0 aromatic carbocycles. The van der Waals surface area contributed by atoms with Crippen LogP contribution in [0, 0.1) is 17.8 Å². The number of esters is 2. The Bertz CT molecular complexity index is 543. The Morgan fingerprint density at radius 3 is 2.39 bits per heavy atom. The molecule has 130 valence electrons. The number of hydrogen-bond acceptors (Lipinski definition) is 5. The second-order valence-corrected chi connectivity index (χ2v) is 8.39. The van der Waals surface area contributed by atoms with E-state index in [2.05, 4.69) is 24.4 Å². The lowest BCUT2D eigenvalue weighted by Gasteiger charge is -2.17. The van der Waals surface area contributed by atoms with Crippen molar-refractivity contribution in [3.63, 3.8) is 0 Å². The van der Waals surface area contributed by atoms with Crippen molar-refractivity contribution in [3.8, 4) is 0 Å². The van der Waals surface area contributed by atoms with Crippen LogP contribution in [0.15, 0.2) is 17.4 Å². The lowest BCUT2D eigenvalue weighted by Crippen LogP contribution is -2.33. The topological polar surface area (TPSA) is 61.8 Å². The number of alkyl halides is 1. The Hall–Kier alpha value is -1.14. The first-order chi connectivity index (χ1) is 10.9. The van der Waals surface area contributed by atoms with E-state index in [0.29, 0.717) is 11.7 Å². The largest absolute Gasteiger partial charge is 0.480 e.